The molecule has 4 rings (SSSR count). The van der Waals surface area contributed by atoms with Gasteiger partial charge in [-0.2, -0.15) is 0 Å². The van der Waals surface area contributed by atoms with Crippen molar-refractivity contribution in [3.05, 3.63) is 36.7 Å². The first kappa shape index (κ1) is 19.4. The first-order valence-corrected chi connectivity index (χ1v) is 9.95. The molecule has 2 aromatic heterocycles. The molecule has 1 aliphatic heterocycles. The predicted octanol–water partition coefficient (Wildman–Crippen LogP) is 3.04. The summed E-state index contributed by atoms with van der Waals surface area (Å²) in [5, 5.41) is 13.0. The Morgan fingerprint density at radius 3 is 2.79 bits per heavy atom. The zero-order valence-electron chi connectivity index (χ0n) is 16.5. The number of rotatable bonds is 6. The van der Waals surface area contributed by atoms with Crippen LogP contribution in [0.5, 0.6) is 0 Å². The second-order valence-electron chi connectivity index (χ2n) is 7.65. The van der Waals surface area contributed by atoms with Gasteiger partial charge >= 0.3 is 0 Å². The second kappa shape index (κ2) is 8.65. The van der Waals surface area contributed by atoms with Crippen LogP contribution >= 0.6 is 0 Å². The van der Waals surface area contributed by atoms with E-state index in [-0.39, 0.29) is 12.6 Å². The molecule has 0 saturated carbocycles. The number of carbonyl (C=O) groups is 1. The molecule has 0 unspecified atom stereocenters. The molecule has 152 valence electrons. The van der Waals surface area contributed by atoms with Gasteiger partial charge in [-0.15, -0.1) is 5.10 Å². The van der Waals surface area contributed by atoms with Gasteiger partial charge in [0, 0.05) is 24.2 Å². The van der Waals surface area contributed by atoms with E-state index in [0.29, 0.717) is 24.7 Å². The Morgan fingerprint density at radius 2 is 2.07 bits per heavy atom. The summed E-state index contributed by atoms with van der Waals surface area (Å²) in [5.41, 5.74) is 1.76. The summed E-state index contributed by atoms with van der Waals surface area (Å²) in [5.74, 6) is 0.905. The first-order chi connectivity index (χ1) is 14.1. The van der Waals surface area contributed by atoms with Crippen LogP contribution in [0.2, 0.25) is 0 Å². The molecular formula is C21H25FN6O. The monoisotopic (exact) mass is 396 g/mol. The number of carbonyl (C=O) groups excluding carboxylic acids is 1. The van der Waals surface area contributed by atoms with E-state index < -0.39 is 0 Å². The minimum Gasteiger partial charge on any atom is -0.310 e. The highest BCUT2D eigenvalue weighted by Crippen LogP contribution is 2.24. The Bertz CT molecular complexity index is 996. The zero-order chi connectivity index (χ0) is 20.2. The minimum absolute atomic E-state index is 0.0779. The average Bonchev–Trinajstić information content (AvgIpc) is 3.15. The quantitative estimate of drug-likeness (QED) is 0.693. The van der Waals surface area contributed by atoms with Gasteiger partial charge in [-0.25, -0.2) is 4.98 Å². The van der Waals surface area contributed by atoms with Crippen LogP contribution in [0.25, 0.3) is 22.0 Å². The van der Waals surface area contributed by atoms with Gasteiger partial charge in [0.2, 0.25) is 5.91 Å². The lowest BCUT2D eigenvalue weighted by Crippen LogP contribution is -2.39. The van der Waals surface area contributed by atoms with Gasteiger partial charge in [-0.1, -0.05) is 17.3 Å². The number of amides is 1. The van der Waals surface area contributed by atoms with Crippen molar-refractivity contribution >= 4 is 22.5 Å². The number of hydrogen-bond donors (Lipinski definition) is 1. The third-order valence-corrected chi connectivity index (χ3v) is 5.48. The van der Waals surface area contributed by atoms with Gasteiger partial charge in [0.05, 0.1) is 19.4 Å². The molecule has 1 amide bonds. The van der Waals surface area contributed by atoms with Gasteiger partial charge in [0.1, 0.15) is 11.5 Å². The lowest BCUT2D eigenvalue weighted by Gasteiger charge is -2.30. The number of aromatic nitrogens is 4. The summed E-state index contributed by atoms with van der Waals surface area (Å²) < 4.78 is 14.1. The molecule has 29 heavy (non-hydrogen) atoms. The molecule has 0 spiro atoms. The van der Waals surface area contributed by atoms with E-state index in [4.69, 9.17) is 0 Å². The zero-order valence-corrected chi connectivity index (χ0v) is 16.5. The number of aryl methyl sites for hydroxylation is 1. The standard InChI is InChI=1S/C21H25FN6O/c1-27-13-19(25-26-27)16-2-3-17-12-23-20(11-18(17)10-16)24-21(29)14-28-8-5-15(4-7-22)6-9-28/h2-3,10-13,15H,4-9,14H2,1H3,(H,23,24,29). The van der Waals surface area contributed by atoms with E-state index in [1.54, 1.807) is 10.9 Å². The molecule has 1 fully saturated rings. The molecule has 0 bridgehead atoms. The van der Waals surface area contributed by atoms with E-state index in [1.165, 1.54) is 0 Å². The normalized spacial score (nSPS) is 15.7. The van der Waals surface area contributed by atoms with Crippen molar-refractivity contribution in [3.8, 4) is 11.3 Å². The van der Waals surface area contributed by atoms with Crippen molar-refractivity contribution in [2.24, 2.45) is 13.0 Å². The third-order valence-electron chi connectivity index (χ3n) is 5.48. The molecule has 8 heteroatoms. The Hall–Kier alpha value is -2.87. The summed E-state index contributed by atoms with van der Waals surface area (Å²) >= 11 is 0. The predicted molar refractivity (Wildman–Crippen MR) is 110 cm³/mol. The summed E-state index contributed by atoms with van der Waals surface area (Å²) in [7, 11) is 1.83. The topological polar surface area (TPSA) is 75.9 Å². The lowest BCUT2D eigenvalue weighted by molar-refractivity contribution is -0.117. The number of alkyl halides is 1. The van der Waals surface area contributed by atoms with Crippen LogP contribution in [0, 0.1) is 5.92 Å². The maximum Gasteiger partial charge on any atom is 0.239 e. The van der Waals surface area contributed by atoms with Crippen LogP contribution < -0.4 is 5.32 Å². The maximum atomic E-state index is 12.5. The van der Waals surface area contributed by atoms with Crippen LogP contribution in [-0.2, 0) is 11.8 Å². The number of pyridine rings is 1. The van der Waals surface area contributed by atoms with E-state index in [1.807, 2.05) is 37.5 Å². The average molecular weight is 396 g/mol. The number of anilines is 1. The summed E-state index contributed by atoms with van der Waals surface area (Å²) in [6.07, 6.45) is 6.17. The molecule has 0 radical (unpaired) electrons. The molecule has 1 saturated heterocycles. The molecule has 0 aliphatic carbocycles. The van der Waals surface area contributed by atoms with Gasteiger partial charge in [0.15, 0.2) is 0 Å². The summed E-state index contributed by atoms with van der Waals surface area (Å²) in [4.78, 5) is 18.9. The molecule has 3 aromatic rings. The van der Waals surface area contributed by atoms with Crippen LogP contribution in [0.4, 0.5) is 10.2 Å². The third kappa shape index (κ3) is 4.76. The number of piperidine rings is 1. The Morgan fingerprint density at radius 1 is 1.24 bits per heavy atom. The molecular weight excluding hydrogens is 371 g/mol. The van der Waals surface area contributed by atoms with Gasteiger partial charge in [0.25, 0.3) is 0 Å². The van der Waals surface area contributed by atoms with Crippen molar-refractivity contribution in [3.63, 3.8) is 0 Å². The van der Waals surface area contributed by atoms with Crippen molar-refractivity contribution in [2.45, 2.75) is 19.3 Å². The van der Waals surface area contributed by atoms with Crippen molar-refractivity contribution in [2.75, 3.05) is 31.6 Å². The Kier molecular flexibility index (Phi) is 5.80. The van der Waals surface area contributed by atoms with Gasteiger partial charge < -0.3 is 5.32 Å². The highest BCUT2D eigenvalue weighted by Gasteiger charge is 2.20. The summed E-state index contributed by atoms with van der Waals surface area (Å²) in [6, 6.07) is 7.87. The minimum atomic E-state index is -0.253. The van der Waals surface area contributed by atoms with Crippen LogP contribution in [0.3, 0.4) is 0 Å². The number of fused-ring (bicyclic) bond motifs is 1. The van der Waals surface area contributed by atoms with E-state index in [9.17, 15) is 9.18 Å². The SMILES string of the molecule is Cn1cc(-c2ccc3cnc(NC(=O)CN4CCC(CCF)CC4)cc3c2)nn1. The highest BCUT2D eigenvalue weighted by atomic mass is 19.1. The Balaban J connectivity index is 1.40. The molecule has 1 N–H and O–H groups in total. The molecule has 1 aliphatic rings. The molecule has 1 aromatic carbocycles. The fourth-order valence-electron chi connectivity index (χ4n) is 3.82. The van der Waals surface area contributed by atoms with Crippen LogP contribution in [-0.4, -0.2) is 57.1 Å². The number of nitrogens with zero attached hydrogens (tertiary/aromatic N) is 5. The fourth-order valence-corrected chi connectivity index (χ4v) is 3.82. The van der Waals surface area contributed by atoms with Crippen molar-refractivity contribution < 1.29 is 9.18 Å². The number of hydrogen-bond acceptors (Lipinski definition) is 5. The molecule has 0 atom stereocenters. The summed E-state index contributed by atoms with van der Waals surface area (Å²) in [6.45, 7) is 1.76. The Labute approximate surface area is 168 Å². The lowest BCUT2D eigenvalue weighted by atomic mass is 9.94. The molecule has 7 nitrogen and oxygen atoms in total. The first-order valence-electron chi connectivity index (χ1n) is 9.95. The van der Waals surface area contributed by atoms with Crippen LogP contribution in [0.15, 0.2) is 36.7 Å². The fraction of sp³-hybridized carbons (Fsp3) is 0.429. The van der Waals surface area contributed by atoms with E-state index >= 15 is 0 Å². The smallest absolute Gasteiger partial charge is 0.239 e. The number of benzene rings is 1. The largest absolute Gasteiger partial charge is 0.310 e. The highest BCUT2D eigenvalue weighted by molar-refractivity contribution is 5.94. The van der Waals surface area contributed by atoms with Crippen LogP contribution in [0.1, 0.15) is 19.3 Å². The van der Waals surface area contributed by atoms with Gasteiger partial charge in [-0.05, 0) is 55.8 Å². The second-order valence-corrected chi connectivity index (χ2v) is 7.65. The number of halogens is 1. The van der Waals surface area contributed by atoms with Crippen molar-refractivity contribution in [1.82, 2.24) is 24.9 Å². The maximum absolute atomic E-state index is 12.5. The van der Waals surface area contributed by atoms with Gasteiger partial charge in [-0.3, -0.25) is 18.8 Å². The molecule has 3 heterocycles. The number of nitrogens with one attached hydrogen (secondary N) is 1. The number of likely N-dealkylation sites (tertiary alicyclic amines) is 1. The van der Waals surface area contributed by atoms with E-state index in [2.05, 4.69) is 25.5 Å². The van der Waals surface area contributed by atoms with E-state index in [0.717, 1.165) is 48.0 Å². The van der Waals surface area contributed by atoms with Crippen molar-refractivity contribution in [1.29, 1.82) is 0 Å².